The van der Waals surface area contributed by atoms with Crippen LogP contribution in [0.1, 0.15) is 32.4 Å². The van der Waals surface area contributed by atoms with E-state index in [0.29, 0.717) is 19.0 Å². The monoisotopic (exact) mass is 304 g/mol. The number of hydrogen-bond donors (Lipinski definition) is 1. The third-order valence-corrected chi connectivity index (χ3v) is 3.32. The summed E-state index contributed by atoms with van der Waals surface area (Å²) in [6.07, 6.45) is -1.35. The lowest BCUT2D eigenvalue weighted by atomic mass is 9.97. The predicted molar refractivity (Wildman–Crippen MR) is 77.2 cm³/mol. The molecule has 0 saturated carbocycles. The molecule has 1 saturated heterocycles. The molecule has 1 aliphatic rings. The van der Waals surface area contributed by atoms with Crippen LogP contribution in [-0.2, 0) is 6.18 Å². The van der Waals surface area contributed by atoms with E-state index in [1.54, 1.807) is 0 Å². The Morgan fingerprint density at radius 3 is 2.43 bits per heavy atom. The van der Waals surface area contributed by atoms with Crippen molar-refractivity contribution in [1.82, 2.24) is 15.3 Å². The third-order valence-electron chi connectivity index (χ3n) is 3.32. The predicted octanol–water partition coefficient (Wildman–Crippen LogP) is 2.96. The summed E-state index contributed by atoms with van der Waals surface area (Å²) in [4.78, 5) is 9.38. The largest absolute Gasteiger partial charge is 0.433 e. The first-order chi connectivity index (χ1) is 10.0. The average Bonchev–Trinajstić information content (AvgIpc) is 2.50. The Morgan fingerprint density at radius 1 is 1.29 bits per heavy atom. The molecule has 2 heterocycles. The molecule has 1 N–H and O–H groups in total. The maximum absolute atomic E-state index is 12.6. The molecule has 1 aromatic rings. The second kappa shape index (κ2) is 8.17. The van der Waals surface area contributed by atoms with Gasteiger partial charge in [0.05, 0.1) is 0 Å². The van der Waals surface area contributed by atoms with Crippen LogP contribution in [0.4, 0.5) is 19.1 Å². The van der Waals surface area contributed by atoms with Crippen LogP contribution in [0.25, 0.3) is 0 Å². The minimum atomic E-state index is -4.41. The Morgan fingerprint density at radius 2 is 1.90 bits per heavy atom. The lowest BCUT2D eigenvalue weighted by molar-refractivity contribution is -0.141. The lowest BCUT2D eigenvalue weighted by Crippen LogP contribution is -2.37. The van der Waals surface area contributed by atoms with E-state index >= 15 is 0 Å². The molecule has 0 radical (unpaired) electrons. The summed E-state index contributed by atoms with van der Waals surface area (Å²) in [6, 6.07) is 0.900. The van der Waals surface area contributed by atoms with Gasteiger partial charge in [-0.3, -0.25) is 0 Å². The van der Waals surface area contributed by atoms with Crippen molar-refractivity contribution in [3.05, 3.63) is 18.0 Å². The first-order valence-corrected chi connectivity index (χ1v) is 7.30. The van der Waals surface area contributed by atoms with Crippen LogP contribution < -0.4 is 10.2 Å². The van der Waals surface area contributed by atoms with Gasteiger partial charge in [-0.05, 0) is 38.4 Å². The second-order valence-electron chi connectivity index (χ2n) is 4.73. The number of halogens is 3. The van der Waals surface area contributed by atoms with E-state index < -0.39 is 11.9 Å². The molecule has 4 nitrogen and oxygen atoms in total. The number of nitrogens with zero attached hydrogens (tertiary/aromatic N) is 3. The summed E-state index contributed by atoms with van der Waals surface area (Å²) in [6.45, 7) is 6.35. The van der Waals surface area contributed by atoms with Crippen LogP contribution >= 0.6 is 0 Å². The first kappa shape index (κ1) is 17.7. The molecule has 2 rings (SSSR count). The highest BCUT2D eigenvalue weighted by Crippen LogP contribution is 2.28. The molecule has 1 fully saturated rings. The molecule has 0 unspecified atom stereocenters. The molecular weight excluding hydrogens is 281 g/mol. The Bertz CT molecular complexity index is 415. The smallest absolute Gasteiger partial charge is 0.341 e. The zero-order chi connectivity index (χ0) is 15.9. The van der Waals surface area contributed by atoms with Gasteiger partial charge in [0.25, 0.3) is 0 Å². The highest BCUT2D eigenvalue weighted by Gasteiger charge is 2.33. The van der Waals surface area contributed by atoms with Gasteiger partial charge >= 0.3 is 6.18 Å². The highest BCUT2D eigenvalue weighted by atomic mass is 19.4. The van der Waals surface area contributed by atoms with Gasteiger partial charge in [0, 0.05) is 19.3 Å². The second-order valence-corrected chi connectivity index (χ2v) is 4.73. The number of aromatic nitrogens is 2. The normalized spacial score (nSPS) is 16.4. The first-order valence-electron chi connectivity index (χ1n) is 7.30. The summed E-state index contributed by atoms with van der Waals surface area (Å²) in [5, 5.41) is 3.12. The third kappa shape index (κ3) is 5.15. The van der Waals surface area contributed by atoms with E-state index in [-0.39, 0.29) is 5.95 Å². The van der Waals surface area contributed by atoms with E-state index in [9.17, 15) is 13.2 Å². The van der Waals surface area contributed by atoms with Crippen molar-refractivity contribution < 1.29 is 13.2 Å². The zero-order valence-corrected chi connectivity index (χ0v) is 12.7. The summed E-state index contributed by atoms with van der Waals surface area (Å²) in [5.41, 5.74) is -0.880. The van der Waals surface area contributed by atoms with Crippen molar-refractivity contribution in [3.63, 3.8) is 0 Å². The quantitative estimate of drug-likeness (QED) is 0.932. The number of nitrogens with one attached hydrogen (secondary N) is 1. The van der Waals surface area contributed by atoms with Crippen LogP contribution in [0.5, 0.6) is 0 Å². The Hall–Kier alpha value is -1.37. The van der Waals surface area contributed by atoms with Gasteiger partial charge in [0.2, 0.25) is 5.95 Å². The highest BCUT2D eigenvalue weighted by molar-refractivity contribution is 5.31. The number of rotatable bonds is 3. The average molecular weight is 304 g/mol. The molecule has 21 heavy (non-hydrogen) atoms. The summed E-state index contributed by atoms with van der Waals surface area (Å²) in [5.74, 6) is 0.754. The minimum Gasteiger partial charge on any atom is -0.341 e. The molecule has 0 amide bonds. The standard InChI is InChI=1S/C12H17F3N4.C2H6/c1-16-8-9-3-6-19(7-4-9)11-17-5-2-10(18-11)12(13,14)15;1-2/h2,5,9,16H,3-4,6-8H2,1H3;1-2H3. The summed E-state index contributed by atoms with van der Waals surface area (Å²) < 4.78 is 37.7. The SMILES string of the molecule is CC.CNCC1CCN(c2nccc(C(F)(F)F)n2)CC1. The van der Waals surface area contributed by atoms with E-state index in [4.69, 9.17) is 0 Å². The fourth-order valence-corrected chi connectivity index (χ4v) is 2.28. The topological polar surface area (TPSA) is 41.0 Å². The fourth-order valence-electron chi connectivity index (χ4n) is 2.28. The maximum atomic E-state index is 12.6. The maximum Gasteiger partial charge on any atom is 0.433 e. The van der Waals surface area contributed by atoms with Gasteiger partial charge in [0.1, 0.15) is 5.69 Å². The Labute approximate surface area is 123 Å². The van der Waals surface area contributed by atoms with Crippen LogP contribution in [0.2, 0.25) is 0 Å². The molecule has 0 aromatic carbocycles. The molecule has 0 aliphatic carbocycles. The van der Waals surface area contributed by atoms with Crippen molar-refractivity contribution in [3.8, 4) is 0 Å². The number of alkyl halides is 3. The molecule has 0 spiro atoms. The van der Waals surface area contributed by atoms with Crippen LogP contribution in [0.3, 0.4) is 0 Å². The van der Waals surface area contributed by atoms with Gasteiger partial charge in [-0.15, -0.1) is 0 Å². The molecule has 0 bridgehead atoms. The van der Waals surface area contributed by atoms with E-state index in [1.165, 1.54) is 6.20 Å². The molecular formula is C14H23F3N4. The Balaban J connectivity index is 0.00000106. The lowest BCUT2D eigenvalue weighted by Gasteiger charge is -2.32. The van der Waals surface area contributed by atoms with Crippen LogP contribution in [0.15, 0.2) is 12.3 Å². The van der Waals surface area contributed by atoms with Gasteiger partial charge < -0.3 is 10.2 Å². The van der Waals surface area contributed by atoms with E-state index in [1.807, 2.05) is 25.8 Å². The fraction of sp³-hybridized carbons (Fsp3) is 0.714. The van der Waals surface area contributed by atoms with Crippen molar-refractivity contribution >= 4 is 5.95 Å². The van der Waals surface area contributed by atoms with Gasteiger partial charge in [0.15, 0.2) is 0 Å². The molecule has 0 atom stereocenters. The number of piperidine rings is 1. The summed E-state index contributed by atoms with van der Waals surface area (Å²) in [7, 11) is 1.91. The minimum absolute atomic E-state index is 0.178. The van der Waals surface area contributed by atoms with Crippen LogP contribution in [0, 0.1) is 5.92 Å². The summed E-state index contributed by atoms with van der Waals surface area (Å²) >= 11 is 0. The number of anilines is 1. The Kier molecular flexibility index (Phi) is 6.87. The van der Waals surface area contributed by atoms with E-state index in [2.05, 4.69) is 15.3 Å². The van der Waals surface area contributed by atoms with Crippen LogP contribution in [-0.4, -0.2) is 36.6 Å². The van der Waals surface area contributed by atoms with Gasteiger partial charge in [-0.25, -0.2) is 9.97 Å². The molecule has 7 heteroatoms. The van der Waals surface area contributed by atoms with Crippen molar-refractivity contribution in [1.29, 1.82) is 0 Å². The molecule has 120 valence electrons. The molecule has 1 aliphatic heterocycles. The van der Waals surface area contributed by atoms with Crippen molar-refractivity contribution in [2.24, 2.45) is 5.92 Å². The van der Waals surface area contributed by atoms with E-state index in [0.717, 1.165) is 25.5 Å². The van der Waals surface area contributed by atoms with Gasteiger partial charge in [-0.1, -0.05) is 13.8 Å². The molecule has 1 aromatic heterocycles. The zero-order valence-electron chi connectivity index (χ0n) is 12.7. The number of hydrogen-bond acceptors (Lipinski definition) is 4. The van der Waals surface area contributed by atoms with Crippen molar-refractivity contribution in [2.45, 2.75) is 32.9 Å². The van der Waals surface area contributed by atoms with Gasteiger partial charge in [-0.2, -0.15) is 13.2 Å². The van der Waals surface area contributed by atoms with Crippen molar-refractivity contribution in [2.75, 3.05) is 31.6 Å².